The number of hydrogen-bond acceptors (Lipinski definition) is 4. The number of rotatable bonds is 6. The summed E-state index contributed by atoms with van der Waals surface area (Å²) < 4.78 is 1.39. The van der Waals surface area contributed by atoms with Crippen LogP contribution in [-0.2, 0) is 16.1 Å². The lowest BCUT2D eigenvalue weighted by Gasteiger charge is -2.09. The number of carbonyl (C=O) groups is 2. The Kier molecular flexibility index (Phi) is 5.06. The maximum Gasteiger partial charge on any atom is 0.250 e. The van der Waals surface area contributed by atoms with Crippen molar-refractivity contribution in [2.45, 2.75) is 19.1 Å². The lowest BCUT2D eigenvalue weighted by molar-refractivity contribution is -0.127. The summed E-state index contributed by atoms with van der Waals surface area (Å²) in [7, 11) is 0. The molecule has 0 aliphatic heterocycles. The lowest BCUT2D eigenvalue weighted by Crippen LogP contribution is -2.40. The number of carbonyl (C=O) groups excluding carboxylic acids is 2. The maximum absolute atomic E-state index is 11.4. The summed E-state index contributed by atoms with van der Waals surface area (Å²) in [5.74, 6) is -1.26. The standard InChI is InChI=1S/C11H15N3O4/c12-11(18)8(15)7-13-9(16)4-6-14-5-2-1-3-10(14)17/h1-3,5,8,15H,4,6-7H2,(H2,12,18)(H,13,16). The number of hydrogen-bond donors (Lipinski definition) is 3. The van der Waals surface area contributed by atoms with E-state index in [9.17, 15) is 14.4 Å². The van der Waals surface area contributed by atoms with Gasteiger partial charge in [0.25, 0.3) is 5.56 Å². The Hall–Kier alpha value is -2.15. The van der Waals surface area contributed by atoms with Gasteiger partial charge in [0.2, 0.25) is 11.8 Å². The monoisotopic (exact) mass is 253 g/mol. The van der Waals surface area contributed by atoms with Crippen LogP contribution in [0.4, 0.5) is 0 Å². The van der Waals surface area contributed by atoms with Gasteiger partial charge < -0.3 is 20.7 Å². The molecule has 0 aromatic carbocycles. The molecule has 1 heterocycles. The summed E-state index contributed by atoms with van der Waals surface area (Å²) in [6, 6.07) is 4.70. The molecule has 1 aromatic rings. The zero-order chi connectivity index (χ0) is 13.5. The van der Waals surface area contributed by atoms with Crippen LogP contribution >= 0.6 is 0 Å². The number of amides is 2. The van der Waals surface area contributed by atoms with Crippen molar-refractivity contribution in [3.05, 3.63) is 34.7 Å². The predicted molar refractivity (Wildman–Crippen MR) is 63.5 cm³/mol. The summed E-state index contributed by atoms with van der Waals surface area (Å²) in [4.78, 5) is 33.2. The first kappa shape index (κ1) is 13.9. The van der Waals surface area contributed by atoms with Crippen LogP contribution in [0.2, 0.25) is 0 Å². The van der Waals surface area contributed by atoms with Crippen LogP contribution in [0.15, 0.2) is 29.2 Å². The highest BCUT2D eigenvalue weighted by atomic mass is 16.3. The Morgan fingerprint density at radius 3 is 2.78 bits per heavy atom. The van der Waals surface area contributed by atoms with Crippen molar-refractivity contribution in [3.63, 3.8) is 0 Å². The molecule has 4 N–H and O–H groups in total. The average molecular weight is 253 g/mol. The van der Waals surface area contributed by atoms with E-state index in [0.29, 0.717) is 0 Å². The van der Waals surface area contributed by atoms with Gasteiger partial charge >= 0.3 is 0 Å². The minimum Gasteiger partial charge on any atom is -0.381 e. The highest BCUT2D eigenvalue weighted by Gasteiger charge is 2.11. The van der Waals surface area contributed by atoms with Gasteiger partial charge in [-0.05, 0) is 6.07 Å². The minimum absolute atomic E-state index is 0.0788. The molecule has 7 nitrogen and oxygen atoms in total. The summed E-state index contributed by atoms with van der Waals surface area (Å²) in [5.41, 5.74) is 4.63. The third kappa shape index (κ3) is 4.38. The van der Waals surface area contributed by atoms with E-state index in [1.807, 2.05) is 0 Å². The van der Waals surface area contributed by atoms with Gasteiger partial charge in [-0.15, -0.1) is 0 Å². The van der Waals surface area contributed by atoms with Gasteiger partial charge in [-0.1, -0.05) is 6.07 Å². The van der Waals surface area contributed by atoms with Crippen LogP contribution in [0.3, 0.4) is 0 Å². The maximum atomic E-state index is 11.4. The summed E-state index contributed by atoms with van der Waals surface area (Å²) in [5, 5.41) is 11.4. The first-order chi connectivity index (χ1) is 8.50. The molecule has 18 heavy (non-hydrogen) atoms. The smallest absolute Gasteiger partial charge is 0.250 e. The summed E-state index contributed by atoms with van der Waals surface area (Å²) in [6.07, 6.45) is 0.261. The molecule has 1 unspecified atom stereocenters. The van der Waals surface area contributed by atoms with Crippen molar-refractivity contribution in [3.8, 4) is 0 Å². The van der Waals surface area contributed by atoms with Gasteiger partial charge in [-0.2, -0.15) is 0 Å². The Labute approximate surface area is 103 Å². The number of aliphatic hydroxyl groups excluding tert-OH is 1. The number of aromatic nitrogens is 1. The number of pyridine rings is 1. The molecule has 2 amide bonds. The van der Waals surface area contributed by atoms with E-state index < -0.39 is 12.0 Å². The molecular formula is C11H15N3O4. The number of nitrogens with one attached hydrogen (secondary N) is 1. The van der Waals surface area contributed by atoms with Crippen LogP contribution in [-0.4, -0.2) is 34.1 Å². The fourth-order valence-electron chi connectivity index (χ4n) is 1.27. The zero-order valence-corrected chi connectivity index (χ0v) is 9.70. The normalized spacial score (nSPS) is 11.8. The van der Waals surface area contributed by atoms with Gasteiger partial charge in [0, 0.05) is 25.2 Å². The number of nitrogens with zero attached hydrogens (tertiary/aromatic N) is 1. The molecule has 1 aromatic heterocycles. The SMILES string of the molecule is NC(=O)C(O)CNC(=O)CCn1ccccc1=O. The van der Waals surface area contributed by atoms with Gasteiger partial charge in [0.15, 0.2) is 0 Å². The quantitative estimate of drug-likeness (QED) is 0.555. The zero-order valence-electron chi connectivity index (χ0n) is 9.70. The largest absolute Gasteiger partial charge is 0.381 e. The summed E-state index contributed by atoms with van der Waals surface area (Å²) >= 11 is 0. The fraction of sp³-hybridized carbons (Fsp3) is 0.364. The van der Waals surface area contributed by atoms with Crippen molar-refractivity contribution >= 4 is 11.8 Å². The predicted octanol–water partition coefficient (Wildman–Crippen LogP) is -1.80. The number of primary amides is 1. The first-order valence-electron chi connectivity index (χ1n) is 5.40. The van der Waals surface area contributed by atoms with Gasteiger partial charge in [0.1, 0.15) is 6.10 Å². The van der Waals surface area contributed by atoms with E-state index in [0.717, 1.165) is 0 Å². The highest BCUT2D eigenvalue weighted by molar-refractivity contribution is 5.80. The van der Waals surface area contributed by atoms with Gasteiger partial charge in [0.05, 0.1) is 6.54 Å². The molecule has 0 aliphatic rings. The van der Waals surface area contributed by atoms with E-state index in [-0.39, 0.29) is 31.0 Å². The number of aryl methyl sites for hydroxylation is 1. The Bertz CT molecular complexity index is 483. The second-order valence-electron chi connectivity index (χ2n) is 3.70. The van der Waals surface area contributed by atoms with Crippen molar-refractivity contribution < 1.29 is 14.7 Å². The van der Waals surface area contributed by atoms with Crippen molar-refractivity contribution in [2.75, 3.05) is 6.54 Å². The molecule has 1 rings (SSSR count). The molecule has 0 saturated heterocycles. The molecule has 0 spiro atoms. The van der Waals surface area contributed by atoms with Crippen LogP contribution in [0.1, 0.15) is 6.42 Å². The lowest BCUT2D eigenvalue weighted by atomic mass is 10.3. The average Bonchev–Trinajstić information content (AvgIpc) is 2.34. The summed E-state index contributed by atoms with van der Waals surface area (Å²) in [6.45, 7) is 0.00995. The van der Waals surface area contributed by atoms with E-state index in [2.05, 4.69) is 5.32 Å². The topological polar surface area (TPSA) is 114 Å². The molecule has 98 valence electrons. The molecule has 0 fully saturated rings. The molecule has 0 aliphatic carbocycles. The van der Waals surface area contributed by atoms with E-state index in [1.165, 1.54) is 10.6 Å². The first-order valence-corrected chi connectivity index (χ1v) is 5.40. The highest BCUT2D eigenvalue weighted by Crippen LogP contribution is 1.88. The van der Waals surface area contributed by atoms with Crippen molar-refractivity contribution in [2.24, 2.45) is 5.73 Å². The van der Waals surface area contributed by atoms with Crippen molar-refractivity contribution in [1.29, 1.82) is 0 Å². The number of aliphatic hydroxyl groups is 1. The second kappa shape index (κ2) is 6.55. The molecule has 1 atom stereocenters. The third-order valence-electron chi connectivity index (χ3n) is 2.30. The molecule has 7 heteroatoms. The molecular weight excluding hydrogens is 238 g/mol. The van der Waals surface area contributed by atoms with E-state index >= 15 is 0 Å². The molecule has 0 saturated carbocycles. The fourth-order valence-corrected chi connectivity index (χ4v) is 1.27. The van der Waals surface area contributed by atoms with Gasteiger partial charge in [-0.25, -0.2) is 0 Å². The molecule has 0 bridgehead atoms. The van der Waals surface area contributed by atoms with Gasteiger partial charge in [-0.3, -0.25) is 14.4 Å². The third-order valence-corrected chi connectivity index (χ3v) is 2.30. The second-order valence-corrected chi connectivity index (χ2v) is 3.70. The van der Waals surface area contributed by atoms with E-state index in [1.54, 1.807) is 18.3 Å². The Morgan fingerprint density at radius 2 is 2.17 bits per heavy atom. The van der Waals surface area contributed by atoms with Crippen LogP contribution in [0, 0.1) is 0 Å². The Morgan fingerprint density at radius 1 is 1.44 bits per heavy atom. The number of nitrogens with two attached hydrogens (primary N) is 1. The minimum atomic E-state index is -1.40. The van der Waals surface area contributed by atoms with Crippen LogP contribution in [0.25, 0.3) is 0 Å². The van der Waals surface area contributed by atoms with Crippen LogP contribution in [0.5, 0.6) is 0 Å². The molecule has 0 radical (unpaired) electrons. The Balaban J connectivity index is 2.36. The van der Waals surface area contributed by atoms with Crippen molar-refractivity contribution in [1.82, 2.24) is 9.88 Å². The van der Waals surface area contributed by atoms with E-state index in [4.69, 9.17) is 10.8 Å². The van der Waals surface area contributed by atoms with Crippen LogP contribution < -0.4 is 16.6 Å².